The quantitative estimate of drug-likeness (QED) is 0.363. The molecular formula is C25H29ClN8S. The number of nitrogens with zero attached hydrogens (tertiary/aromatic N) is 6. The minimum absolute atomic E-state index is 0.146. The Balaban J connectivity index is 1.35. The van der Waals surface area contributed by atoms with Gasteiger partial charge in [0.2, 0.25) is 0 Å². The van der Waals surface area contributed by atoms with Crippen LogP contribution in [0.4, 0.5) is 11.6 Å². The number of hydrogen-bond donors (Lipinski definition) is 2. The van der Waals surface area contributed by atoms with E-state index >= 15 is 0 Å². The topological polar surface area (TPSA) is 99.8 Å². The molecule has 35 heavy (non-hydrogen) atoms. The molecular weight excluding hydrogens is 480 g/mol. The number of aromatic amines is 1. The second kappa shape index (κ2) is 9.11. The van der Waals surface area contributed by atoms with Crippen LogP contribution in [-0.2, 0) is 6.42 Å². The number of hydrogen-bond acceptors (Lipinski definition) is 8. The van der Waals surface area contributed by atoms with Crippen LogP contribution in [0.5, 0.6) is 0 Å². The zero-order chi connectivity index (χ0) is 24.1. The third-order valence-corrected chi connectivity index (χ3v) is 8.40. The molecule has 10 heteroatoms. The molecule has 0 bridgehead atoms. The average Bonchev–Trinajstić information content (AvgIpc) is 3.40. The van der Waals surface area contributed by atoms with Gasteiger partial charge in [-0.3, -0.25) is 0 Å². The first kappa shape index (κ1) is 22.8. The molecule has 2 aliphatic rings. The van der Waals surface area contributed by atoms with Gasteiger partial charge in [-0.25, -0.2) is 19.9 Å². The highest BCUT2D eigenvalue weighted by molar-refractivity contribution is 7.99. The molecule has 3 aromatic heterocycles. The molecule has 0 unspecified atom stereocenters. The summed E-state index contributed by atoms with van der Waals surface area (Å²) in [6.07, 6.45) is 4.62. The van der Waals surface area contributed by atoms with E-state index in [2.05, 4.69) is 56.8 Å². The number of anilines is 2. The van der Waals surface area contributed by atoms with E-state index in [-0.39, 0.29) is 6.04 Å². The molecule has 2 aliphatic heterocycles. The van der Waals surface area contributed by atoms with Crippen LogP contribution < -0.4 is 15.5 Å². The highest BCUT2D eigenvalue weighted by atomic mass is 35.5. The predicted octanol–water partition coefficient (Wildman–Crippen LogP) is 4.65. The molecule has 1 aromatic carbocycles. The van der Waals surface area contributed by atoms with Crippen molar-refractivity contribution >= 4 is 56.9 Å². The van der Waals surface area contributed by atoms with Gasteiger partial charge < -0.3 is 20.5 Å². The van der Waals surface area contributed by atoms with Gasteiger partial charge >= 0.3 is 0 Å². The first-order valence-corrected chi connectivity index (χ1v) is 13.5. The van der Waals surface area contributed by atoms with Crippen molar-refractivity contribution in [1.29, 1.82) is 0 Å². The van der Waals surface area contributed by atoms with Gasteiger partial charge in [0.15, 0.2) is 5.16 Å². The zero-order valence-corrected chi connectivity index (χ0v) is 21.5. The second-order valence-electron chi connectivity index (χ2n) is 9.48. The van der Waals surface area contributed by atoms with Crippen LogP contribution >= 0.6 is 23.4 Å². The van der Waals surface area contributed by atoms with E-state index < -0.39 is 0 Å². The Morgan fingerprint density at radius 1 is 1.11 bits per heavy atom. The minimum Gasteiger partial charge on any atom is -0.355 e. The lowest BCUT2D eigenvalue weighted by atomic mass is 9.97. The smallest absolute Gasteiger partial charge is 0.196 e. The van der Waals surface area contributed by atoms with Crippen LogP contribution in [0, 0.1) is 5.92 Å². The van der Waals surface area contributed by atoms with Crippen LogP contribution in [0.15, 0.2) is 34.6 Å². The molecule has 8 nitrogen and oxygen atoms in total. The number of fused-ring (bicyclic) bond motifs is 2. The lowest BCUT2D eigenvalue weighted by Gasteiger charge is -2.40. The van der Waals surface area contributed by atoms with Crippen molar-refractivity contribution in [3.8, 4) is 0 Å². The fourth-order valence-corrected chi connectivity index (χ4v) is 6.15. The summed E-state index contributed by atoms with van der Waals surface area (Å²) in [4.78, 5) is 27.9. The molecule has 2 fully saturated rings. The fourth-order valence-electron chi connectivity index (χ4n) is 5.01. The molecule has 4 aromatic rings. The van der Waals surface area contributed by atoms with E-state index in [9.17, 15) is 0 Å². The summed E-state index contributed by atoms with van der Waals surface area (Å²) in [6, 6.07) is 6.47. The molecule has 0 spiro atoms. The largest absolute Gasteiger partial charge is 0.355 e. The monoisotopic (exact) mass is 508 g/mol. The number of aromatic nitrogens is 5. The summed E-state index contributed by atoms with van der Waals surface area (Å²) >= 11 is 8.27. The number of nitrogens with one attached hydrogen (secondary N) is 1. The molecule has 0 radical (unpaired) electrons. The number of benzene rings is 1. The van der Waals surface area contributed by atoms with Crippen molar-refractivity contribution < 1.29 is 0 Å². The SMILES string of the molecule is CCc1[nH]c2nc(Sc3ccc4c(N5CC(CC)C5)ncnc4c3)nc(N3CC[C@H](N)C3)c2c1Cl. The van der Waals surface area contributed by atoms with Crippen LogP contribution in [0.2, 0.25) is 5.02 Å². The normalized spacial score (nSPS) is 18.7. The molecule has 0 saturated carbocycles. The van der Waals surface area contributed by atoms with Crippen molar-refractivity contribution in [2.75, 3.05) is 36.0 Å². The van der Waals surface area contributed by atoms with Gasteiger partial charge in [-0.05, 0) is 55.1 Å². The highest BCUT2D eigenvalue weighted by Gasteiger charge is 2.28. The molecule has 182 valence electrons. The maximum atomic E-state index is 6.74. The number of nitrogens with two attached hydrogens (primary N) is 1. The third kappa shape index (κ3) is 4.09. The van der Waals surface area contributed by atoms with Gasteiger partial charge in [0.1, 0.15) is 23.6 Å². The first-order valence-electron chi connectivity index (χ1n) is 12.3. The van der Waals surface area contributed by atoms with Crippen molar-refractivity contribution in [3.05, 3.63) is 35.2 Å². The highest BCUT2D eigenvalue weighted by Crippen LogP contribution is 2.38. The van der Waals surface area contributed by atoms with Gasteiger partial charge in [0, 0.05) is 48.2 Å². The minimum atomic E-state index is 0.146. The Hall–Kier alpha value is -2.62. The van der Waals surface area contributed by atoms with E-state index in [0.717, 1.165) is 89.1 Å². The summed E-state index contributed by atoms with van der Waals surface area (Å²) in [5, 5.41) is 3.35. The Labute approximate surface area is 213 Å². The second-order valence-corrected chi connectivity index (χ2v) is 10.9. The molecule has 0 amide bonds. The van der Waals surface area contributed by atoms with Crippen molar-refractivity contribution in [2.24, 2.45) is 11.7 Å². The van der Waals surface area contributed by atoms with Gasteiger partial charge in [-0.15, -0.1) is 0 Å². The molecule has 2 saturated heterocycles. The van der Waals surface area contributed by atoms with Gasteiger partial charge in [0.25, 0.3) is 0 Å². The van der Waals surface area contributed by atoms with Crippen LogP contribution in [0.1, 0.15) is 32.4 Å². The molecule has 5 heterocycles. The standard InChI is InChI=1S/C25H29ClN8S/c1-3-14-10-34(11-14)23-17-6-5-16(9-19(17)28-13-29-23)35-25-31-22-20(21(26)18(4-2)30-22)24(32-25)33-8-7-15(27)12-33/h5-6,9,13-15H,3-4,7-8,10-12,27H2,1-2H3,(H,30,31,32)/t15-/m0/s1. The third-order valence-electron chi connectivity index (χ3n) is 7.13. The van der Waals surface area contributed by atoms with Gasteiger partial charge in [0.05, 0.1) is 15.9 Å². The molecule has 6 rings (SSSR count). The summed E-state index contributed by atoms with van der Waals surface area (Å²) < 4.78 is 0. The van der Waals surface area contributed by atoms with E-state index in [1.807, 2.05) is 0 Å². The summed E-state index contributed by atoms with van der Waals surface area (Å²) in [6.45, 7) is 8.09. The van der Waals surface area contributed by atoms with E-state index in [1.54, 1.807) is 6.33 Å². The van der Waals surface area contributed by atoms with Crippen molar-refractivity contribution in [2.45, 2.75) is 49.2 Å². The Bertz CT molecular complexity index is 1400. The summed E-state index contributed by atoms with van der Waals surface area (Å²) in [5.41, 5.74) is 8.89. The van der Waals surface area contributed by atoms with Crippen molar-refractivity contribution in [3.63, 3.8) is 0 Å². The lowest BCUT2D eigenvalue weighted by molar-refractivity contribution is 0.397. The average molecular weight is 509 g/mol. The first-order chi connectivity index (χ1) is 17.0. The van der Waals surface area contributed by atoms with Gasteiger partial charge in [-0.2, -0.15) is 0 Å². The lowest BCUT2D eigenvalue weighted by Crippen LogP contribution is -2.46. The van der Waals surface area contributed by atoms with Gasteiger partial charge in [-0.1, -0.05) is 25.4 Å². The molecule has 3 N–H and O–H groups in total. The number of halogens is 1. The summed E-state index contributed by atoms with van der Waals surface area (Å²) in [7, 11) is 0. The maximum absolute atomic E-state index is 6.74. The molecule has 0 aliphatic carbocycles. The number of aryl methyl sites for hydroxylation is 1. The Morgan fingerprint density at radius 2 is 1.97 bits per heavy atom. The Kier molecular flexibility index (Phi) is 5.94. The van der Waals surface area contributed by atoms with E-state index in [0.29, 0.717) is 10.2 Å². The van der Waals surface area contributed by atoms with E-state index in [1.165, 1.54) is 18.2 Å². The van der Waals surface area contributed by atoms with Crippen molar-refractivity contribution in [1.82, 2.24) is 24.9 Å². The van der Waals surface area contributed by atoms with E-state index in [4.69, 9.17) is 27.3 Å². The van der Waals surface area contributed by atoms with Crippen LogP contribution in [0.3, 0.4) is 0 Å². The predicted molar refractivity (Wildman–Crippen MR) is 143 cm³/mol. The maximum Gasteiger partial charge on any atom is 0.196 e. The molecule has 1 atom stereocenters. The number of H-pyrrole nitrogens is 1. The number of rotatable bonds is 6. The van der Waals surface area contributed by atoms with Crippen LogP contribution in [0.25, 0.3) is 21.9 Å². The van der Waals surface area contributed by atoms with Crippen LogP contribution in [-0.4, -0.2) is 57.1 Å². The Morgan fingerprint density at radius 3 is 2.71 bits per heavy atom. The zero-order valence-electron chi connectivity index (χ0n) is 20.0. The fraction of sp³-hybridized carbons (Fsp3) is 0.440. The summed E-state index contributed by atoms with van der Waals surface area (Å²) in [5.74, 6) is 2.64.